The van der Waals surface area contributed by atoms with E-state index >= 15 is 0 Å². The molecular weight excluding hydrogens is 759 g/mol. The molecule has 4 aromatic carbocycles. The van der Waals surface area contributed by atoms with Crippen molar-refractivity contribution >= 4 is 49.3 Å². The van der Waals surface area contributed by atoms with Crippen molar-refractivity contribution in [3.8, 4) is 11.3 Å². The fourth-order valence-corrected chi connectivity index (χ4v) is 6.27. The first-order chi connectivity index (χ1) is 22.2. The molecule has 0 saturated carbocycles. The molecule has 0 fully saturated rings. The molecule has 1 N–H and O–H groups in total. The van der Waals surface area contributed by atoms with E-state index in [4.69, 9.17) is 9.97 Å². The summed E-state index contributed by atoms with van der Waals surface area (Å²) in [6.45, 7) is 12.4. The minimum absolute atomic E-state index is 0. The van der Waals surface area contributed by atoms with Crippen molar-refractivity contribution in [1.82, 2.24) is 14.5 Å². The van der Waals surface area contributed by atoms with Crippen molar-refractivity contribution in [2.45, 2.75) is 73.1 Å². The van der Waals surface area contributed by atoms with E-state index in [1.54, 1.807) is 0 Å². The molecule has 0 aliphatic carbocycles. The predicted molar refractivity (Wildman–Crippen MR) is 193 cm³/mol. The van der Waals surface area contributed by atoms with Crippen LogP contribution in [0.1, 0.15) is 79.0 Å². The topological polar surface area (TPSA) is 68.0 Å². The van der Waals surface area contributed by atoms with Gasteiger partial charge in [0.25, 0.3) is 0 Å². The van der Waals surface area contributed by atoms with Crippen LogP contribution in [-0.2, 0) is 31.9 Å². The van der Waals surface area contributed by atoms with Gasteiger partial charge < -0.3 is 9.67 Å². The van der Waals surface area contributed by atoms with Gasteiger partial charge in [-0.15, -0.1) is 29.1 Å². The van der Waals surface area contributed by atoms with Crippen LogP contribution in [0, 0.1) is 17.9 Å². The van der Waals surface area contributed by atoms with Gasteiger partial charge in [-0.1, -0.05) is 95.5 Å². The molecule has 0 amide bonds. The summed E-state index contributed by atoms with van der Waals surface area (Å²) < 4.78 is 2.20. The Labute approximate surface area is 292 Å². The number of allylic oxidation sites excluding steroid dienone is 2. The summed E-state index contributed by atoms with van der Waals surface area (Å²) in [6.07, 6.45) is 4.91. The van der Waals surface area contributed by atoms with E-state index in [1.807, 2.05) is 27.7 Å². The maximum atomic E-state index is 11.7. The number of fused-ring (bicyclic) bond motifs is 5. The van der Waals surface area contributed by atoms with Gasteiger partial charge in [0.05, 0.1) is 5.76 Å². The Bertz CT molecular complexity index is 2030. The first-order valence-corrected chi connectivity index (χ1v) is 16.7. The van der Waals surface area contributed by atoms with Crippen LogP contribution in [0.25, 0.3) is 54.7 Å². The average molecular weight is 805 g/mol. The zero-order chi connectivity index (χ0) is 33.0. The van der Waals surface area contributed by atoms with Crippen molar-refractivity contribution in [2.24, 2.45) is 18.9 Å². The summed E-state index contributed by atoms with van der Waals surface area (Å²) in [7, 11) is 2.10. The molecule has 1 radical (unpaired) electrons. The fraction of sp³-hybridized carbons (Fsp3) is 0.341. The molecule has 47 heavy (non-hydrogen) atoms. The second-order valence-corrected chi connectivity index (χ2v) is 12.5. The number of aliphatic hydroxyl groups excluding tert-OH is 1. The number of rotatable bonds is 9. The quantitative estimate of drug-likeness (QED) is 0.0898. The van der Waals surface area contributed by atoms with Gasteiger partial charge in [-0.25, -0.2) is 4.98 Å². The van der Waals surface area contributed by atoms with E-state index in [-0.39, 0.29) is 49.4 Å². The maximum Gasteiger partial charge on any atom is 0.162 e. The Balaban J connectivity index is 0.000000269. The summed E-state index contributed by atoms with van der Waals surface area (Å²) in [5.74, 6) is 1.64. The van der Waals surface area contributed by atoms with Crippen molar-refractivity contribution in [2.75, 3.05) is 0 Å². The maximum absolute atomic E-state index is 11.7. The number of benzene rings is 4. The van der Waals surface area contributed by atoms with Crippen LogP contribution < -0.4 is 0 Å². The van der Waals surface area contributed by atoms with E-state index in [0.717, 1.165) is 53.8 Å². The zero-order valence-electron chi connectivity index (χ0n) is 28.6. The average Bonchev–Trinajstić information content (AvgIpc) is 3.34. The van der Waals surface area contributed by atoms with E-state index in [9.17, 15) is 9.90 Å². The number of hydrogen-bond donors (Lipinski definition) is 1. The van der Waals surface area contributed by atoms with Gasteiger partial charge in [-0.3, -0.25) is 9.78 Å². The van der Waals surface area contributed by atoms with E-state index < -0.39 is 0 Å². The van der Waals surface area contributed by atoms with Crippen LogP contribution in [0.2, 0.25) is 0 Å². The standard InChI is InChI=1S/C28H22N3.C13H24O2.Ir/c1-17(2)27-29-26(22-13-12-18-8-4-5-9-19(18)14-22)25-23-15-20-10-6-7-11-21(20)16-24(23)31(3)28(25)30-27;1-5-10(6-2)12(14)9-13(15)11(7-3)8-4;/h4-12,14-17H,1-3H3;9-11,14H,5-8H2,1-4H3;/q-1;;/b;12-9-;. The first kappa shape index (κ1) is 36.0. The molecule has 0 aliphatic rings. The molecule has 0 bridgehead atoms. The number of aryl methyl sites for hydroxylation is 1. The molecule has 6 aromatic rings. The molecule has 0 atom stereocenters. The summed E-state index contributed by atoms with van der Waals surface area (Å²) in [5, 5.41) is 16.9. The minimum Gasteiger partial charge on any atom is -0.512 e. The minimum atomic E-state index is 0. The monoisotopic (exact) mass is 805 g/mol. The van der Waals surface area contributed by atoms with Crippen LogP contribution in [0.15, 0.2) is 84.6 Å². The van der Waals surface area contributed by atoms with Crippen LogP contribution >= 0.6 is 0 Å². The molecule has 5 nitrogen and oxygen atoms in total. The Morgan fingerprint density at radius 2 is 1.38 bits per heavy atom. The predicted octanol–water partition coefficient (Wildman–Crippen LogP) is 10.9. The van der Waals surface area contributed by atoms with Gasteiger partial charge >= 0.3 is 0 Å². The summed E-state index contributed by atoms with van der Waals surface area (Å²) in [6, 6.07) is 29.2. The third-order valence-corrected chi connectivity index (χ3v) is 9.25. The number of carbonyl (C=O) groups is 1. The molecule has 0 saturated heterocycles. The summed E-state index contributed by atoms with van der Waals surface area (Å²) in [5.41, 5.74) is 4.11. The smallest absolute Gasteiger partial charge is 0.162 e. The SMILES string of the molecule is CC(C)c1nc(-c2[c-]cc3ccccc3c2)c2c3cc4ccccc4cc3n(C)c2n1.CCC(CC)C(=O)/C=C(\O)C(CC)CC.[Ir]. The molecule has 0 unspecified atom stereocenters. The second-order valence-electron chi connectivity index (χ2n) is 12.5. The third-order valence-electron chi connectivity index (χ3n) is 9.25. The summed E-state index contributed by atoms with van der Waals surface area (Å²) >= 11 is 0. The molecule has 6 heteroatoms. The van der Waals surface area contributed by atoms with Gasteiger partial charge in [-0.05, 0) is 48.6 Å². The number of carbonyl (C=O) groups excluding carboxylic acids is 1. The van der Waals surface area contributed by atoms with E-state index in [0.29, 0.717) is 0 Å². The molecule has 0 aliphatic heterocycles. The number of aliphatic hydroxyl groups is 1. The Hall–Kier alpha value is -3.86. The van der Waals surface area contributed by atoms with Crippen molar-refractivity contribution in [3.63, 3.8) is 0 Å². The number of ketones is 1. The van der Waals surface area contributed by atoms with Crippen molar-refractivity contribution in [3.05, 3.63) is 96.5 Å². The molecule has 6 rings (SSSR count). The van der Waals surface area contributed by atoms with Crippen LogP contribution in [0.3, 0.4) is 0 Å². The van der Waals surface area contributed by atoms with E-state index in [1.165, 1.54) is 38.5 Å². The van der Waals surface area contributed by atoms with Crippen molar-refractivity contribution < 1.29 is 30.0 Å². The van der Waals surface area contributed by atoms with Gasteiger partial charge in [0, 0.05) is 73.0 Å². The molecular formula is C41H46IrN3O2-. The van der Waals surface area contributed by atoms with Crippen LogP contribution in [0.4, 0.5) is 0 Å². The number of hydrogen-bond acceptors (Lipinski definition) is 4. The Morgan fingerprint density at radius 3 is 1.96 bits per heavy atom. The molecule has 0 spiro atoms. The molecule has 247 valence electrons. The van der Waals surface area contributed by atoms with Crippen LogP contribution in [-0.4, -0.2) is 25.4 Å². The second kappa shape index (κ2) is 15.8. The molecule has 2 heterocycles. The normalized spacial score (nSPS) is 11.9. The van der Waals surface area contributed by atoms with Crippen LogP contribution in [0.5, 0.6) is 0 Å². The Morgan fingerprint density at radius 1 is 0.830 bits per heavy atom. The number of nitrogens with zero attached hydrogens (tertiary/aromatic N) is 3. The van der Waals surface area contributed by atoms with E-state index in [2.05, 4.69) is 104 Å². The van der Waals surface area contributed by atoms with Gasteiger partial charge in [0.1, 0.15) is 11.5 Å². The first-order valence-electron chi connectivity index (χ1n) is 16.7. The fourth-order valence-electron chi connectivity index (χ4n) is 6.27. The largest absolute Gasteiger partial charge is 0.512 e. The van der Waals surface area contributed by atoms with Gasteiger partial charge in [0.15, 0.2) is 5.78 Å². The third kappa shape index (κ3) is 7.50. The zero-order valence-corrected chi connectivity index (χ0v) is 31.0. The van der Waals surface area contributed by atoms with Gasteiger partial charge in [-0.2, -0.15) is 0 Å². The Kier molecular flexibility index (Phi) is 12.1. The molecule has 2 aromatic heterocycles. The van der Waals surface area contributed by atoms with Crippen molar-refractivity contribution in [1.29, 1.82) is 0 Å². The summed E-state index contributed by atoms with van der Waals surface area (Å²) in [4.78, 5) is 21.8. The van der Waals surface area contributed by atoms with Gasteiger partial charge in [0.2, 0.25) is 0 Å². The number of aromatic nitrogens is 3.